The molecule has 3 heterocycles. The zero-order valence-electron chi connectivity index (χ0n) is 17.0. The van der Waals surface area contributed by atoms with Crippen LogP contribution in [0.3, 0.4) is 0 Å². The minimum atomic E-state index is -0.235. The van der Waals surface area contributed by atoms with Gasteiger partial charge in [-0.25, -0.2) is 8.70 Å². The summed E-state index contributed by atoms with van der Waals surface area (Å²) >= 11 is 1.74. The van der Waals surface area contributed by atoms with Gasteiger partial charge in [0.15, 0.2) is 0 Å². The quantitative estimate of drug-likeness (QED) is 0.617. The van der Waals surface area contributed by atoms with E-state index in [0.29, 0.717) is 6.42 Å². The van der Waals surface area contributed by atoms with E-state index in [0.717, 1.165) is 54.8 Å². The fourth-order valence-electron chi connectivity index (χ4n) is 4.34. The first-order valence-electron chi connectivity index (χ1n) is 10.4. The van der Waals surface area contributed by atoms with Crippen LogP contribution in [0.15, 0.2) is 47.5 Å². The average Bonchev–Trinajstić information content (AvgIpc) is 3.33. The number of carbonyl (C=O) groups is 1. The highest BCUT2D eigenvalue weighted by Gasteiger charge is 2.29. The number of H-pyrrole nitrogens is 1. The molecule has 0 saturated carbocycles. The first-order valence-corrected chi connectivity index (χ1v) is 11.2. The van der Waals surface area contributed by atoms with Gasteiger partial charge in [0.05, 0.1) is 0 Å². The largest absolute Gasteiger partial charge is 0.360 e. The van der Waals surface area contributed by atoms with Crippen molar-refractivity contribution in [3.63, 3.8) is 0 Å². The molecular weight excluding hydrogens is 399 g/mol. The maximum atomic E-state index is 13.5. The van der Waals surface area contributed by atoms with Crippen LogP contribution < -0.4 is 5.32 Å². The molecule has 30 heavy (non-hydrogen) atoms. The number of aromatic amines is 1. The molecule has 0 spiro atoms. The number of nitrogens with one attached hydrogen (secondary N) is 2. The minimum Gasteiger partial charge on any atom is -0.360 e. The van der Waals surface area contributed by atoms with E-state index < -0.39 is 0 Å². The number of carbonyl (C=O) groups excluding carboxylic acids is 1. The van der Waals surface area contributed by atoms with E-state index in [1.165, 1.54) is 22.6 Å². The third-order valence-electron chi connectivity index (χ3n) is 6.08. The lowest BCUT2D eigenvalue weighted by Gasteiger charge is -2.28. The van der Waals surface area contributed by atoms with Crippen molar-refractivity contribution < 1.29 is 9.18 Å². The van der Waals surface area contributed by atoms with Crippen LogP contribution >= 0.6 is 11.9 Å². The van der Waals surface area contributed by atoms with Crippen molar-refractivity contribution in [2.75, 3.05) is 32.7 Å². The van der Waals surface area contributed by atoms with Gasteiger partial charge in [0, 0.05) is 72.7 Å². The maximum absolute atomic E-state index is 13.5. The molecule has 3 aromatic rings. The fourth-order valence-corrected chi connectivity index (χ4v) is 5.51. The Morgan fingerprint density at radius 1 is 1.20 bits per heavy atom. The second-order valence-electron chi connectivity index (χ2n) is 7.93. The SMILES string of the molecule is CC1c2cc(-c3c[nH]c4cc(F)ccc34)ccc2SN1CCC(=O)N1CCNCC1. The predicted molar refractivity (Wildman–Crippen MR) is 119 cm³/mol. The molecular formula is C23H25FN4OS. The summed E-state index contributed by atoms with van der Waals surface area (Å²) in [6.07, 6.45) is 2.49. The zero-order chi connectivity index (χ0) is 20.7. The summed E-state index contributed by atoms with van der Waals surface area (Å²) in [7, 11) is 0. The van der Waals surface area contributed by atoms with Crippen molar-refractivity contribution in [2.45, 2.75) is 24.3 Å². The van der Waals surface area contributed by atoms with Crippen LogP contribution in [-0.4, -0.2) is 52.8 Å². The van der Waals surface area contributed by atoms with Gasteiger partial charge in [-0.3, -0.25) is 4.79 Å². The molecule has 2 N–H and O–H groups in total. The topological polar surface area (TPSA) is 51.4 Å². The number of nitrogens with zero attached hydrogens (tertiary/aromatic N) is 2. The zero-order valence-corrected chi connectivity index (χ0v) is 17.8. The van der Waals surface area contributed by atoms with E-state index in [4.69, 9.17) is 0 Å². The Kier molecular flexibility index (Phi) is 5.26. The second-order valence-corrected chi connectivity index (χ2v) is 9.03. The fraction of sp³-hybridized carbons (Fsp3) is 0.348. The molecule has 0 aliphatic carbocycles. The van der Waals surface area contributed by atoms with E-state index >= 15 is 0 Å². The molecule has 2 aliphatic heterocycles. The summed E-state index contributed by atoms with van der Waals surface area (Å²) in [5, 5.41) is 4.31. The molecule has 1 aromatic heterocycles. The Bertz CT molecular complexity index is 1090. The molecule has 156 valence electrons. The first kappa shape index (κ1) is 19.6. The van der Waals surface area contributed by atoms with Gasteiger partial charge in [-0.1, -0.05) is 6.07 Å². The molecule has 1 amide bonds. The van der Waals surface area contributed by atoms with Gasteiger partial charge in [0.1, 0.15) is 5.82 Å². The standard InChI is InChI=1S/C23H25FN4OS/c1-15-19-12-16(20-14-26-21-13-17(24)3-4-18(20)21)2-5-22(19)30-28(15)9-6-23(29)27-10-7-25-8-11-27/h2-5,12-15,25-26H,6-11H2,1H3. The molecule has 0 radical (unpaired) electrons. The van der Waals surface area contributed by atoms with E-state index in [1.807, 2.05) is 17.2 Å². The minimum absolute atomic E-state index is 0.235. The van der Waals surface area contributed by atoms with Crippen LogP contribution in [0.1, 0.15) is 24.9 Å². The van der Waals surface area contributed by atoms with Crippen molar-refractivity contribution in [1.29, 1.82) is 0 Å². The second kappa shape index (κ2) is 8.06. The predicted octanol–water partition coefficient (Wildman–Crippen LogP) is 4.18. The number of aromatic nitrogens is 1. The summed E-state index contributed by atoms with van der Waals surface area (Å²) in [6.45, 7) is 6.32. The Labute approximate surface area is 179 Å². The van der Waals surface area contributed by atoms with Crippen LogP contribution in [0.2, 0.25) is 0 Å². The van der Waals surface area contributed by atoms with Crippen molar-refractivity contribution >= 4 is 28.8 Å². The molecule has 0 bridgehead atoms. The van der Waals surface area contributed by atoms with Crippen LogP contribution in [0.5, 0.6) is 0 Å². The Hall–Kier alpha value is -2.35. The lowest BCUT2D eigenvalue weighted by molar-refractivity contribution is -0.131. The van der Waals surface area contributed by atoms with E-state index in [2.05, 4.69) is 39.7 Å². The summed E-state index contributed by atoms with van der Waals surface area (Å²) in [6, 6.07) is 11.6. The smallest absolute Gasteiger partial charge is 0.223 e. The maximum Gasteiger partial charge on any atom is 0.223 e. The number of halogens is 1. The molecule has 1 unspecified atom stereocenters. The third kappa shape index (κ3) is 3.62. The number of rotatable bonds is 4. The molecule has 1 atom stereocenters. The van der Waals surface area contributed by atoms with Gasteiger partial charge in [-0.05, 0) is 60.3 Å². The summed E-state index contributed by atoms with van der Waals surface area (Å²) in [4.78, 5) is 18.9. The van der Waals surface area contributed by atoms with E-state index in [-0.39, 0.29) is 17.8 Å². The summed E-state index contributed by atoms with van der Waals surface area (Å²) in [5.41, 5.74) is 4.29. The van der Waals surface area contributed by atoms with Crippen LogP contribution in [0, 0.1) is 5.82 Å². The summed E-state index contributed by atoms with van der Waals surface area (Å²) < 4.78 is 15.8. The number of fused-ring (bicyclic) bond motifs is 2. The number of hydrogen-bond acceptors (Lipinski definition) is 4. The lowest BCUT2D eigenvalue weighted by atomic mass is 9.99. The van der Waals surface area contributed by atoms with Crippen molar-refractivity contribution in [2.24, 2.45) is 0 Å². The van der Waals surface area contributed by atoms with E-state index in [1.54, 1.807) is 11.9 Å². The molecule has 1 fully saturated rings. The molecule has 2 aliphatic rings. The number of benzene rings is 2. The first-order chi connectivity index (χ1) is 14.6. The van der Waals surface area contributed by atoms with Gasteiger partial charge in [-0.2, -0.15) is 0 Å². The van der Waals surface area contributed by atoms with Crippen LogP contribution in [0.4, 0.5) is 4.39 Å². The Morgan fingerprint density at radius 3 is 2.87 bits per heavy atom. The number of piperazine rings is 1. The molecule has 1 saturated heterocycles. The number of hydrogen-bond donors (Lipinski definition) is 2. The molecule has 2 aromatic carbocycles. The summed E-state index contributed by atoms with van der Waals surface area (Å²) in [5.74, 6) is 0.00727. The van der Waals surface area contributed by atoms with Gasteiger partial charge in [-0.15, -0.1) is 0 Å². The van der Waals surface area contributed by atoms with Crippen molar-refractivity contribution in [1.82, 2.24) is 19.5 Å². The average molecular weight is 425 g/mol. The van der Waals surface area contributed by atoms with Gasteiger partial charge < -0.3 is 15.2 Å². The van der Waals surface area contributed by atoms with Gasteiger partial charge in [0.2, 0.25) is 5.91 Å². The number of amides is 1. The van der Waals surface area contributed by atoms with Gasteiger partial charge in [0.25, 0.3) is 0 Å². The Balaban J connectivity index is 1.31. The monoisotopic (exact) mass is 424 g/mol. The van der Waals surface area contributed by atoms with Gasteiger partial charge >= 0.3 is 0 Å². The van der Waals surface area contributed by atoms with Crippen molar-refractivity contribution in [3.05, 3.63) is 54.0 Å². The Morgan fingerprint density at radius 2 is 2.03 bits per heavy atom. The highest BCUT2D eigenvalue weighted by molar-refractivity contribution is 7.97. The molecule has 5 nitrogen and oxygen atoms in total. The molecule has 7 heteroatoms. The van der Waals surface area contributed by atoms with Crippen LogP contribution in [-0.2, 0) is 4.79 Å². The van der Waals surface area contributed by atoms with Crippen LogP contribution in [0.25, 0.3) is 22.0 Å². The lowest BCUT2D eigenvalue weighted by Crippen LogP contribution is -2.46. The highest BCUT2D eigenvalue weighted by Crippen LogP contribution is 2.45. The third-order valence-corrected chi connectivity index (χ3v) is 7.38. The van der Waals surface area contributed by atoms with Crippen molar-refractivity contribution in [3.8, 4) is 11.1 Å². The highest BCUT2D eigenvalue weighted by atomic mass is 32.2. The molecule has 5 rings (SSSR count). The normalized spacial score (nSPS) is 19.4. The van der Waals surface area contributed by atoms with E-state index in [9.17, 15) is 9.18 Å².